The van der Waals surface area contributed by atoms with E-state index in [2.05, 4.69) is 9.71 Å². The predicted molar refractivity (Wildman–Crippen MR) is 92.2 cm³/mol. The number of amides is 1. The van der Waals surface area contributed by atoms with Crippen LogP contribution < -0.4 is 4.72 Å². The molecule has 2 heterocycles. The second-order valence-electron chi connectivity index (χ2n) is 5.56. The number of aliphatic carboxylic acids is 1. The smallest absolute Gasteiger partial charge is 0.323 e. The third kappa shape index (κ3) is 3.92. The summed E-state index contributed by atoms with van der Waals surface area (Å²) in [7, 11) is -4.00. The summed E-state index contributed by atoms with van der Waals surface area (Å²) in [4.78, 5) is 28.3. The summed E-state index contributed by atoms with van der Waals surface area (Å²) in [5, 5.41) is 9.28. The van der Waals surface area contributed by atoms with Crippen LogP contribution in [0.15, 0.2) is 22.5 Å². The zero-order chi connectivity index (χ0) is 18.2. The highest BCUT2D eigenvalue weighted by atomic mass is 35.5. The number of carboxylic acids is 1. The summed E-state index contributed by atoms with van der Waals surface area (Å²) < 4.78 is 27.9. The number of thiazole rings is 1. The van der Waals surface area contributed by atoms with Gasteiger partial charge in [-0.2, -0.15) is 4.72 Å². The highest BCUT2D eigenvalue weighted by Gasteiger charge is 2.34. The van der Waals surface area contributed by atoms with Gasteiger partial charge in [-0.15, -0.1) is 11.3 Å². The molecule has 1 aromatic carbocycles. The topological polar surface area (TPSA) is 117 Å². The van der Waals surface area contributed by atoms with E-state index >= 15 is 0 Å². The minimum Gasteiger partial charge on any atom is -0.480 e. The standard InChI is InChI=1S/C14H14ClN3O5S2/c15-8-3-4-11-10(6-8)16-14(24-11)25(22,23)17-9-2-1-5-18(13(9)21)7-12(19)20/h3-4,6,9,17H,1-2,5,7H2,(H,19,20)/t9-/m0/s1. The van der Waals surface area contributed by atoms with Crippen LogP contribution in [-0.2, 0) is 19.6 Å². The Bertz CT molecular complexity index is 943. The third-order valence-electron chi connectivity index (χ3n) is 3.71. The van der Waals surface area contributed by atoms with Crippen LogP contribution in [0.4, 0.5) is 0 Å². The lowest BCUT2D eigenvalue weighted by Gasteiger charge is -2.31. The molecule has 1 aliphatic heterocycles. The van der Waals surface area contributed by atoms with E-state index in [1.807, 2.05) is 0 Å². The molecule has 1 fully saturated rings. The normalized spacial score (nSPS) is 18.7. The number of piperidine rings is 1. The molecule has 1 amide bonds. The lowest BCUT2D eigenvalue weighted by molar-refractivity contribution is -0.146. The Kier molecular flexibility index (Phi) is 4.96. The van der Waals surface area contributed by atoms with Gasteiger partial charge in [0.2, 0.25) is 10.2 Å². The second-order valence-corrected chi connectivity index (χ2v) is 8.92. The number of rotatable bonds is 5. The molecule has 1 aliphatic rings. The zero-order valence-corrected chi connectivity index (χ0v) is 15.2. The molecule has 0 bridgehead atoms. The maximum atomic E-state index is 12.5. The first-order valence-electron chi connectivity index (χ1n) is 7.35. The Balaban J connectivity index is 1.82. The van der Waals surface area contributed by atoms with Crippen LogP contribution in [0.1, 0.15) is 12.8 Å². The molecular formula is C14H14ClN3O5S2. The number of hydrogen-bond donors (Lipinski definition) is 2. The van der Waals surface area contributed by atoms with Crippen LogP contribution >= 0.6 is 22.9 Å². The molecule has 0 unspecified atom stereocenters. The van der Waals surface area contributed by atoms with Crippen molar-refractivity contribution < 1.29 is 23.1 Å². The average Bonchev–Trinajstić information content (AvgIpc) is 2.94. The van der Waals surface area contributed by atoms with Gasteiger partial charge in [0.15, 0.2) is 0 Å². The zero-order valence-electron chi connectivity index (χ0n) is 12.8. The van der Waals surface area contributed by atoms with E-state index in [9.17, 15) is 18.0 Å². The number of hydrogen-bond acceptors (Lipinski definition) is 6. The molecule has 1 atom stereocenters. The molecule has 2 N–H and O–H groups in total. The minimum absolute atomic E-state index is 0.159. The fraction of sp³-hybridized carbons (Fsp3) is 0.357. The van der Waals surface area contributed by atoms with Crippen molar-refractivity contribution in [1.82, 2.24) is 14.6 Å². The van der Waals surface area contributed by atoms with Crippen molar-refractivity contribution >= 4 is 55.1 Å². The van der Waals surface area contributed by atoms with E-state index in [1.165, 1.54) is 0 Å². The summed E-state index contributed by atoms with van der Waals surface area (Å²) in [5.41, 5.74) is 0.459. The molecule has 11 heteroatoms. The number of carbonyl (C=O) groups excluding carboxylic acids is 1. The van der Waals surface area contributed by atoms with Crippen LogP contribution in [0.2, 0.25) is 5.02 Å². The lowest BCUT2D eigenvalue weighted by atomic mass is 10.1. The van der Waals surface area contributed by atoms with Crippen LogP contribution in [-0.4, -0.2) is 54.4 Å². The maximum absolute atomic E-state index is 12.5. The molecule has 0 radical (unpaired) electrons. The van der Waals surface area contributed by atoms with Gasteiger partial charge in [0.05, 0.1) is 10.2 Å². The summed E-state index contributed by atoms with van der Waals surface area (Å²) in [5.74, 6) is -1.68. The van der Waals surface area contributed by atoms with E-state index in [-0.39, 0.29) is 4.34 Å². The second kappa shape index (κ2) is 6.87. The van der Waals surface area contributed by atoms with Crippen molar-refractivity contribution in [1.29, 1.82) is 0 Å². The fourth-order valence-corrected chi connectivity index (χ4v) is 5.21. The van der Waals surface area contributed by atoms with E-state index in [1.54, 1.807) is 18.2 Å². The molecule has 8 nitrogen and oxygen atoms in total. The highest BCUT2D eigenvalue weighted by Crippen LogP contribution is 2.28. The Morgan fingerprint density at radius 3 is 2.96 bits per heavy atom. The molecule has 2 aromatic rings. The molecule has 25 heavy (non-hydrogen) atoms. The van der Waals surface area contributed by atoms with Crippen molar-refractivity contribution in [2.75, 3.05) is 13.1 Å². The molecular weight excluding hydrogens is 390 g/mol. The quantitative estimate of drug-likeness (QED) is 0.777. The first-order valence-corrected chi connectivity index (χ1v) is 10.0. The van der Waals surface area contributed by atoms with E-state index in [4.69, 9.17) is 16.7 Å². The monoisotopic (exact) mass is 403 g/mol. The van der Waals surface area contributed by atoms with Gasteiger partial charge in [-0.1, -0.05) is 11.6 Å². The number of nitrogens with zero attached hydrogens (tertiary/aromatic N) is 2. The number of aromatic nitrogens is 1. The summed E-state index contributed by atoms with van der Waals surface area (Å²) in [6, 6.07) is 3.88. The SMILES string of the molecule is O=C(O)CN1CCC[C@H](NS(=O)(=O)c2nc3cc(Cl)ccc3s2)C1=O. The number of nitrogens with one attached hydrogen (secondary N) is 1. The largest absolute Gasteiger partial charge is 0.480 e. The number of halogens is 1. The van der Waals surface area contributed by atoms with Crippen molar-refractivity contribution in [3.05, 3.63) is 23.2 Å². The third-order valence-corrected chi connectivity index (χ3v) is 6.83. The summed E-state index contributed by atoms with van der Waals surface area (Å²) in [6.07, 6.45) is 0.826. The molecule has 0 saturated carbocycles. The number of sulfonamides is 1. The Morgan fingerprint density at radius 1 is 1.48 bits per heavy atom. The van der Waals surface area contributed by atoms with Gasteiger partial charge in [0.1, 0.15) is 12.6 Å². The number of fused-ring (bicyclic) bond motifs is 1. The van der Waals surface area contributed by atoms with Crippen LogP contribution in [0, 0.1) is 0 Å². The van der Waals surface area contributed by atoms with Gasteiger partial charge in [-0.25, -0.2) is 13.4 Å². The van der Waals surface area contributed by atoms with Crippen molar-refractivity contribution in [2.45, 2.75) is 23.2 Å². The molecule has 3 rings (SSSR count). The lowest BCUT2D eigenvalue weighted by Crippen LogP contribution is -2.53. The highest BCUT2D eigenvalue weighted by molar-refractivity contribution is 7.91. The van der Waals surface area contributed by atoms with Gasteiger partial charge < -0.3 is 10.0 Å². The molecule has 0 aliphatic carbocycles. The van der Waals surface area contributed by atoms with Gasteiger partial charge in [0.25, 0.3) is 10.0 Å². The van der Waals surface area contributed by atoms with Crippen LogP contribution in [0.5, 0.6) is 0 Å². The summed E-state index contributed by atoms with van der Waals surface area (Å²) >= 11 is 6.85. The minimum atomic E-state index is -4.00. The molecule has 1 aromatic heterocycles. The van der Waals surface area contributed by atoms with Crippen molar-refractivity contribution in [3.63, 3.8) is 0 Å². The molecule has 1 saturated heterocycles. The Morgan fingerprint density at radius 2 is 2.24 bits per heavy atom. The molecule has 0 spiro atoms. The van der Waals surface area contributed by atoms with Crippen molar-refractivity contribution in [3.8, 4) is 0 Å². The van der Waals surface area contributed by atoms with E-state index < -0.39 is 34.5 Å². The molecule has 134 valence electrons. The Labute approximate surface area is 152 Å². The number of benzene rings is 1. The van der Waals surface area contributed by atoms with Crippen LogP contribution in [0.3, 0.4) is 0 Å². The number of carbonyl (C=O) groups is 2. The van der Waals surface area contributed by atoms with Crippen molar-refractivity contribution in [2.24, 2.45) is 0 Å². The van der Waals surface area contributed by atoms with E-state index in [0.29, 0.717) is 34.6 Å². The Hall–Kier alpha value is -1.75. The first kappa shape index (κ1) is 18.1. The maximum Gasteiger partial charge on any atom is 0.323 e. The van der Waals surface area contributed by atoms with Crippen LogP contribution in [0.25, 0.3) is 10.2 Å². The van der Waals surface area contributed by atoms with Gasteiger partial charge in [-0.05, 0) is 31.0 Å². The average molecular weight is 404 g/mol. The predicted octanol–water partition coefficient (Wildman–Crippen LogP) is 1.30. The number of likely N-dealkylation sites (tertiary alicyclic amines) is 1. The fourth-order valence-electron chi connectivity index (χ4n) is 2.60. The van der Waals surface area contributed by atoms with Gasteiger partial charge in [-0.3, -0.25) is 9.59 Å². The first-order chi connectivity index (χ1) is 11.8. The number of carboxylic acid groups (broad SMARTS) is 1. The van der Waals surface area contributed by atoms with Gasteiger partial charge in [0, 0.05) is 11.6 Å². The van der Waals surface area contributed by atoms with Gasteiger partial charge >= 0.3 is 5.97 Å². The summed E-state index contributed by atoms with van der Waals surface area (Å²) in [6.45, 7) is -0.153. The van der Waals surface area contributed by atoms with E-state index in [0.717, 1.165) is 16.2 Å².